The number of piperidine rings is 1. The van der Waals surface area contributed by atoms with Gasteiger partial charge in [-0.05, 0) is 42.1 Å². The summed E-state index contributed by atoms with van der Waals surface area (Å²) in [5, 5.41) is 10.3. The molecule has 1 heterocycles. The first kappa shape index (κ1) is 16.0. The average Bonchev–Trinajstić information content (AvgIpc) is 2.56. The maximum Gasteiger partial charge on any atom is 0.308 e. The molecule has 0 amide bonds. The molecule has 3 rings (SSSR count). The van der Waals surface area contributed by atoms with Crippen LogP contribution in [0.2, 0.25) is 5.02 Å². The molecule has 120 valence electrons. The monoisotopic (exact) mass is 329 g/mol. The summed E-state index contributed by atoms with van der Waals surface area (Å²) in [6.45, 7) is 2.29. The first-order valence-electron chi connectivity index (χ1n) is 7.88. The highest BCUT2D eigenvalue weighted by Crippen LogP contribution is 2.34. The van der Waals surface area contributed by atoms with E-state index in [4.69, 9.17) is 11.6 Å². The van der Waals surface area contributed by atoms with Crippen LogP contribution in [0.1, 0.15) is 23.5 Å². The van der Waals surface area contributed by atoms with Gasteiger partial charge in [-0.3, -0.25) is 9.69 Å². The van der Waals surface area contributed by atoms with Gasteiger partial charge in [0.25, 0.3) is 0 Å². The Hall–Kier alpha value is -1.84. The summed E-state index contributed by atoms with van der Waals surface area (Å²) in [6.07, 6.45) is 0.853. The molecule has 0 unspecified atom stereocenters. The van der Waals surface area contributed by atoms with E-state index in [9.17, 15) is 9.90 Å². The van der Waals surface area contributed by atoms with E-state index in [1.54, 1.807) is 0 Å². The maximum atomic E-state index is 11.8. The number of nitrogens with zero attached hydrogens (tertiary/aromatic N) is 1. The first-order valence-corrected chi connectivity index (χ1v) is 8.26. The van der Waals surface area contributed by atoms with Gasteiger partial charge in [-0.1, -0.05) is 54.1 Å². The van der Waals surface area contributed by atoms with Crippen molar-refractivity contribution in [3.63, 3.8) is 0 Å². The van der Waals surface area contributed by atoms with E-state index >= 15 is 0 Å². The molecule has 3 nitrogen and oxygen atoms in total. The lowest BCUT2D eigenvalue weighted by molar-refractivity contribution is -0.144. The second kappa shape index (κ2) is 7.16. The Kier molecular flexibility index (Phi) is 4.99. The van der Waals surface area contributed by atoms with Crippen molar-refractivity contribution < 1.29 is 9.90 Å². The van der Waals surface area contributed by atoms with Crippen LogP contribution in [0.5, 0.6) is 0 Å². The number of hydrogen-bond donors (Lipinski definition) is 1. The standard InChI is InChI=1S/C19H20ClNO2/c20-16-8-6-15(7-9-16)17-10-11-21(13-18(17)19(22)23)12-14-4-2-1-3-5-14/h1-9,17-18H,10-13H2,(H,22,23)/t17-,18-/m1/s1. The van der Waals surface area contributed by atoms with Crippen molar-refractivity contribution in [3.8, 4) is 0 Å². The number of carbonyl (C=O) groups is 1. The van der Waals surface area contributed by atoms with Gasteiger partial charge in [-0.15, -0.1) is 0 Å². The number of rotatable bonds is 4. The number of halogens is 1. The molecule has 2 aromatic rings. The van der Waals surface area contributed by atoms with Crippen LogP contribution in [-0.2, 0) is 11.3 Å². The number of likely N-dealkylation sites (tertiary alicyclic amines) is 1. The zero-order valence-corrected chi connectivity index (χ0v) is 13.6. The van der Waals surface area contributed by atoms with Gasteiger partial charge in [0.1, 0.15) is 0 Å². The van der Waals surface area contributed by atoms with Gasteiger partial charge < -0.3 is 5.11 Å². The predicted molar refractivity (Wildman–Crippen MR) is 91.7 cm³/mol. The Balaban J connectivity index is 1.73. The highest BCUT2D eigenvalue weighted by Gasteiger charge is 2.35. The van der Waals surface area contributed by atoms with Crippen molar-refractivity contribution in [2.75, 3.05) is 13.1 Å². The smallest absolute Gasteiger partial charge is 0.308 e. The molecule has 0 spiro atoms. The van der Waals surface area contributed by atoms with Crippen LogP contribution in [0.3, 0.4) is 0 Å². The number of carboxylic acids is 1. The molecule has 0 aliphatic carbocycles. The summed E-state index contributed by atoms with van der Waals surface area (Å²) in [5.74, 6) is -1.05. The molecule has 1 fully saturated rings. The number of benzene rings is 2. The summed E-state index contributed by atoms with van der Waals surface area (Å²) >= 11 is 5.94. The van der Waals surface area contributed by atoms with Crippen molar-refractivity contribution in [2.45, 2.75) is 18.9 Å². The van der Waals surface area contributed by atoms with Gasteiger partial charge in [0.15, 0.2) is 0 Å². The molecule has 0 bridgehead atoms. The van der Waals surface area contributed by atoms with Gasteiger partial charge in [-0.25, -0.2) is 0 Å². The Morgan fingerprint density at radius 3 is 2.48 bits per heavy atom. The number of hydrogen-bond acceptors (Lipinski definition) is 2. The topological polar surface area (TPSA) is 40.5 Å². The Labute approximate surface area is 141 Å². The highest BCUT2D eigenvalue weighted by atomic mass is 35.5. The van der Waals surface area contributed by atoms with Crippen LogP contribution in [-0.4, -0.2) is 29.1 Å². The minimum Gasteiger partial charge on any atom is -0.481 e. The largest absolute Gasteiger partial charge is 0.481 e. The van der Waals surface area contributed by atoms with E-state index < -0.39 is 5.97 Å². The van der Waals surface area contributed by atoms with E-state index in [0.29, 0.717) is 11.6 Å². The van der Waals surface area contributed by atoms with Gasteiger partial charge >= 0.3 is 5.97 Å². The molecule has 1 N–H and O–H groups in total. The molecule has 0 aromatic heterocycles. The predicted octanol–water partition coefficient (Wildman–Crippen LogP) is 4.03. The van der Waals surface area contributed by atoms with Crippen LogP contribution in [0, 0.1) is 5.92 Å². The summed E-state index contributed by atoms with van der Waals surface area (Å²) in [6, 6.07) is 17.8. The summed E-state index contributed by atoms with van der Waals surface area (Å²) in [5.41, 5.74) is 2.29. The van der Waals surface area contributed by atoms with Gasteiger partial charge in [0.05, 0.1) is 5.92 Å². The third-order valence-electron chi connectivity index (χ3n) is 4.56. The fraction of sp³-hybridized carbons (Fsp3) is 0.316. The van der Waals surface area contributed by atoms with E-state index in [2.05, 4.69) is 17.0 Å². The normalized spacial score (nSPS) is 22.0. The van der Waals surface area contributed by atoms with Crippen molar-refractivity contribution in [1.82, 2.24) is 4.90 Å². The molecule has 2 aromatic carbocycles. The maximum absolute atomic E-state index is 11.8. The highest BCUT2D eigenvalue weighted by molar-refractivity contribution is 6.30. The fourth-order valence-electron chi connectivity index (χ4n) is 3.36. The number of aliphatic carboxylic acids is 1. The molecule has 0 saturated carbocycles. The second-order valence-electron chi connectivity index (χ2n) is 6.11. The van der Waals surface area contributed by atoms with Crippen molar-refractivity contribution in [3.05, 3.63) is 70.7 Å². The quantitative estimate of drug-likeness (QED) is 0.920. The average molecular weight is 330 g/mol. The lowest BCUT2D eigenvalue weighted by Crippen LogP contribution is -2.42. The third kappa shape index (κ3) is 3.92. The Morgan fingerprint density at radius 1 is 1.13 bits per heavy atom. The number of carboxylic acid groups (broad SMARTS) is 1. The van der Waals surface area contributed by atoms with Gasteiger partial charge in [-0.2, -0.15) is 0 Å². The van der Waals surface area contributed by atoms with E-state index in [-0.39, 0.29) is 11.8 Å². The minimum atomic E-state index is -0.720. The summed E-state index contributed by atoms with van der Waals surface area (Å²) in [7, 11) is 0. The molecule has 4 heteroatoms. The van der Waals surface area contributed by atoms with Crippen LogP contribution in [0.4, 0.5) is 0 Å². The molecule has 2 atom stereocenters. The molecular weight excluding hydrogens is 310 g/mol. The minimum absolute atomic E-state index is 0.0526. The Bertz CT molecular complexity index is 657. The van der Waals surface area contributed by atoms with Crippen molar-refractivity contribution in [1.29, 1.82) is 0 Å². The van der Waals surface area contributed by atoms with Crippen molar-refractivity contribution in [2.24, 2.45) is 5.92 Å². The van der Waals surface area contributed by atoms with Crippen LogP contribution in [0.25, 0.3) is 0 Å². The molecule has 23 heavy (non-hydrogen) atoms. The SMILES string of the molecule is O=C(O)[C@@H]1CN(Cc2ccccc2)CC[C@@H]1c1ccc(Cl)cc1. The molecule has 1 aliphatic heterocycles. The lowest BCUT2D eigenvalue weighted by atomic mass is 9.80. The van der Waals surface area contributed by atoms with E-state index in [1.807, 2.05) is 42.5 Å². The summed E-state index contributed by atoms with van der Waals surface area (Å²) in [4.78, 5) is 14.0. The van der Waals surface area contributed by atoms with Crippen LogP contribution >= 0.6 is 11.6 Å². The molecular formula is C19H20ClNO2. The third-order valence-corrected chi connectivity index (χ3v) is 4.81. The first-order chi connectivity index (χ1) is 11.1. The zero-order valence-electron chi connectivity index (χ0n) is 12.9. The van der Waals surface area contributed by atoms with Gasteiger partial charge in [0, 0.05) is 18.1 Å². The molecule has 0 radical (unpaired) electrons. The van der Waals surface area contributed by atoms with Gasteiger partial charge in [0.2, 0.25) is 0 Å². The van der Waals surface area contributed by atoms with Crippen LogP contribution in [0.15, 0.2) is 54.6 Å². The fourth-order valence-corrected chi connectivity index (χ4v) is 3.49. The molecule has 1 saturated heterocycles. The van der Waals surface area contributed by atoms with E-state index in [1.165, 1.54) is 5.56 Å². The van der Waals surface area contributed by atoms with E-state index in [0.717, 1.165) is 25.1 Å². The summed E-state index contributed by atoms with van der Waals surface area (Å²) < 4.78 is 0. The molecule has 1 aliphatic rings. The second-order valence-corrected chi connectivity index (χ2v) is 6.55. The Morgan fingerprint density at radius 2 is 1.83 bits per heavy atom. The lowest BCUT2D eigenvalue weighted by Gasteiger charge is -2.36. The zero-order chi connectivity index (χ0) is 16.2. The van der Waals surface area contributed by atoms with Crippen LogP contribution < -0.4 is 0 Å². The van der Waals surface area contributed by atoms with Crippen molar-refractivity contribution >= 4 is 17.6 Å².